The van der Waals surface area contributed by atoms with Gasteiger partial charge in [0, 0.05) is 0 Å². The fraction of sp³-hybridized carbons (Fsp3) is 0.263. The minimum Gasteiger partial charge on any atom is -0.492 e. The summed E-state index contributed by atoms with van der Waals surface area (Å²) in [6.07, 6.45) is 0.0857. The highest BCUT2D eigenvalue weighted by Gasteiger charge is 2.49. The lowest BCUT2D eigenvalue weighted by molar-refractivity contribution is -0.331. The lowest BCUT2D eigenvalue weighted by atomic mass is 9.97. The molecule has 0 spiro atoms. The summed E-state index contributed by atoms with van der Waals surface area (Å²) in [7, 11) is 0. The third kappa shape index (κ3) is 13.1. The van der Waals surface area contributed by atoms with Gasteiger partial charge >= 0.3 is 0 Å². The van der Waals surface area contributed by atoms with Crippen LogP contribution in [0.3, 0.4) is 0 Å². The van der Waals surface area contributed by atoms with E-state index in [1.54, 1.807) is 9.36 Å². The van der Waals surface area contributed by atoms with Gasteiger partial charge in [0.1, 0.15) is 60.5 Å². The highest BCUT2D eigenvalue weighted by molar-refractivity contribution is 5.84. The van der Waals surface area contributed by atoms with E-state index in [1.165, 1.54) is 5.39 Å². The van der Waals surface area contributed by atoms with Crippen molar-refractivity contribution in [2.75, 3.05) is 19.8 Å². The van der Waals surface area contributed by atoms with Crippen LogP contribution in [-0.2, 0) is 74.5 Å². The number of nitrogens with zero attached hydrogens (tertiary/aromatic N) is 6. The first kappa shape index (κ1) is 47.4. The predicted molar refractivity (Wildman–Crippen MR) is 267 cm³/mol. The SMILES string of the molecule is c1ccc(CO[C@@H]2[C@@H](OCc3ccccc3)[C@@H](OCc3cn(CCOc4ccc5ccccc5c4)nn3)O[C@H](COCc3cn(CCOc4ccc5ccccc5c4)nn3)[C@H]2OCc2ccccc2)cc1. The molecule has 1 aliphatic rings. The van der Waals surface area contributed by atoms with Crippen molar-refractivity contribution < 1.29 is 37.9 Å². The molecule has 7 aromatic carbocycles. The molecular weight excluding hydrogens is 897 g/mol. The molecule has 9 aromatic rings. The average Bonchev–Trinajstić information content (AvgIpc) is 4.09. The Kier molecular flexibility index (Phi) is 16.0. The number of hydrogen-bond acceptors (Lipinski definition) is 12. The highest BCUT2D eigenvalue weighted by Crippen LogP contribution is 2.32. The van der Waals surface area contributed by atoms with Crippen molar-refractivity contribution in [3.05, 3.63) is 216 Å². The summed E-state index contributed by atoms with van der Waals surface area (Å²) in [6.45, 7) is 3.11. The number of fused-ring (bicyclic) bond motifs is 2. The van der Waals surface area contributed by atoms with E-state index >= 15 is 0 Å². The van der Waals surface area contributed by atoms with Crippen LogP contribution in [0.2, 0.25) is 0 Å². The van der Waals surface area contributed by atoms with Gasteiger partial charge in [-0.05, 0) is 62.5 Å². The van der Waals surface area contributed by atoms with Crippen LogP contribution < -0.4 is 9.47 Å². The zero-order valence-corrected chi connectivity index (χ0v) is 39.3. The number of rotatable bonds is 24. The summed E-state index contributed by atoms with van der Waals surface area (Å²) in [4.78, 5) is 0. The van der Waals surface area contributed by atoms with Crippen LogP contribution in [0.15, 0.2) is 188 Å². The van der Waals surface area contributed by atoms with Gasteiger partial charge in [-0.15, -0.1) is 10.2 Å². The molecule has 14 heteroatoms. The number of aromatic nitrogens is 6. The Morgan fingerprint density at radius 3 is 1.39 bits per heavy atom. The van der Waals surface area contributed by atoms with Gasteiger partial charge in [-0.2, -0.15) is 0 Å². The molecule has 10 rings (SSSR count). The summed E-state index contributed by atoms with van der Waals surface area (Å²) in [6, 6.07) is 58.7. The zero-order valence-electron chi connectivity index (χ0n) is 39.3. The van der Waals surface area contributed by atoms with E-state index in [1.807, 2.05) is 152 Å². The molecule has 2 aromatic heterocycles. The van der Waals surface area contributed by atoms with Crippen molar-refractivity contribution >= 4 is 21.5 Å². The lowest BCUT2D eigenvalue weighted by Gasteiger charge is -2.45. The van der Waals surface area contributed by atoms with Crippen LogP contribution in [0, 0.1) is 0 Å². The topological polar surface area (TPSA) is 135 Å². The monoisotopic (exact) mass is 952 g/mol. The van der Waals surface area contributed by atoms with Gasteiger partial charge in [0.25, 0.3) is 0 Å². The lowest BCUT2D eigenvalue weighted by Crippen LogP contribution is -2.61. The minimum absolute atomic E-state index is 0.0869. The molecule has 1 saturated heterocycles. The predicted octanol–water partition coefficient (Wildman–Crippen LogP) is 9.55. The Morgan fingerprint density at radius 2 is 0.873 bits per heavy atom. The smallest absolute Gasteiger partial charge is 0.187 e. The van der Waals surface area contributed by atoms with E-state index in [2.05, 4.69) is 57.0 Å². The van der Waals surface area contributed by atoms with Crippen molar-refractivity contribution in [3.63, 3.8) is 0 Å². The molecule has 0 amide bonds. The molecule has 3 heterocycles. The first-order chi connectivity index (χ1) is 35.1. The fourth-order valence-corrected chi connectivity index (χ4v) is 8.52. The van der Waals surface area contributed by atoms with E-state index in [0.29, 0.717) is 50.9 Å². The van der Waals surface area contributed by atoms with Gasteiger partial charge in [-0.3, -0.25) is 0 Å². The Bertz CT molecular complexity index is 3030. The molecule has 0 radical (unpaired) electrons. The maximum Gasteiger partial charge on any atom is 0.187 e. The molecule has 1 fully saturated rings. The largest absolute Gasteiger partial charge is 0.492 e. The van der Waals surface area contributed by atoms with Crippen LogP contribution in [0.25, 0.3) is 21.5 Å². The molecule has 0 saturated carbocycles. The van der Waals surface area contributed by atoms with E-state index in [9.17, 15) is 0 Å². The first-order valence-corrected chi connectivity index (χ1v) is 24.0. The van der Waals surface area contributed by atoms with E-state index in [0.717, 1.165) is 44.3 Å². The number of ether oxygens (including phenoxy) is 8. The second-order valence-corrected chi connectivity index (χ2v) is 17.3. The Hall–Kier alpha value is -7.30. The van der Waals surface area contributed by atoms with Crippen molar-refractivity contribution in [1.29, 1.82) is 0 Å². The van der Waals surface area contributed by atoms with Gasteiger partial charge in [-0.25, -0.2) is 9.36 Å². The number of hydrogen-bond donors (Lipinski definition) is 0. The van der Waals surface area contributed by atoms with E-state index in [4.69, 9.17) is 37.9 Å². The zero-order chi connectivity index (χ0) is 47.9. The second kappa shape index (κ2) is 24.0. The van der Waals surface area contributed by atoms with Gasteiger partial charge in [0.2, 0.25) is 0 Å². The van der Waals surface area contributed by atoms with Gasteiger partial charge in [0.05, 0.1) is 65.1 Å². The Morgan fingerprint density at radius 1 is 0.423 bits per heavy atom. The Balaban J connectivity index is 0.842. The van der Waals surface area contributed by atoms with Gasteiger partial charge in [0.15, 0.2) is 6.29 Å². The van der Waals surface area contributed by atoms with Crippen LogP contribution >= 0.6 is 0 Å². The molecule has 71 heavy (non-hydrogen) atoms. The maximum absolute atomic E-state index is 6.90. The molecular formula is C57H56N6O8. The van der Waals surface area contributed by atoms with Gasteiger partial charge < -0.3 is 37.9 Å². The van der Waals surface area contributed by atoms with Gasteiger partial charge in [-0.1, -0.05) is 162 Å². The molecule has 0 aliphatic carbocycles. The van der Waals surface area contributed by atoms with E-state index in [-0.39, 0.29) is 26.4 Å². The van der Waals surface area contributed by atoms with Crippen molar-refractivity contribution in [2.45, 2.75) is 76.8 Å². The number of benzene rings is 7. The standard InChI is InChI=1S/C57H56N6O8/c1-4-14-42(15-5-1)36-67-54-53(41-64-39-49-34-62(60-58-49)28-30-65-51-26-24-45-20-10-12-22-47(45)32-51)71-57(56(69-38-44-18-8-3-9-19-44)55(54)68-37-43-16-6-2-7-17-43)70-40-50-35-63(61-59-50)29-31-66-52-27-25-46-21-11-13-23-48(46)33-52/h1-27,32-35,53-57H,28-31,36-41H2/t53-,54-,55+,56-,57+/m1/s1. The Labute approximate surface area is 412 Å². The second-order valence-electron chi connectivity index (χ2n) is 17.3. The molecule has 362 valence electrons. The molecule has 14 nitrogen and oxygen atoms in total. The summed E-state index contributed by atoms with van der Waals surface area (Å²) < 4.78 is 56.2. The quantitative estimate of drug-likeness (QED) is 0.0571. The van der Waals surface area contributed by atoms with Crippen molar-refractivity contribution in [2.24, 2.45) is 0 Å². The molecule has 1 aliphatic heterocycles. The highest BCUT2D eigenvalue weighted by atomic mass is 16.7. The minimum atomic E-state index is -0.922. The maximum atomic E-state index is 6.90. The third-order valence-corrected chi connectivity index (χ3v) is 12.2. The van der Waals surface area contributed by atoms with Crippen LogP contribution in [0.1, 0.15) is 28.1 Å². The molecule has 0 unspecified atom stereocenters. The summed E-state index contributed by atoms with van der Waals surface area (Å²) >= 11 is 0. The normalized spacial score (nSPS) is 17.9. The summed E-state index contributed by atoms with van der Waals surface area (Å²) in [5.74, 6) is 1.59. The first-order valence-electron chi connectivity index (χ1n) is 24.0. The van der Waals surface area contributed by atoms with Crippen molar-refractivity contribution in [1.82, 2.24) is 30.0 Å². The molecule has 5 atom stereocenters. The van der Waals surface area contributed by atoms with Crippen LogP contribution in [0.4, 0.5) is 0 Å². The van der Waals surface area contributed by atoms with Crippen molar-refractivity contribution in [3.8, 4) is 11.5 Å². The third-order valence-electron chi connectivity index (χ3n) is 12.2. The summed E-state index contributed by atoms with van der Waals surface area (Å²) in [5, 5.41) is 22.1. The average molecular weight is 953 g/mol. The van der Waals surface area contributed by atoms with Crippen LogP contribution in [0.5, 0.6) is 11.5 Å². The van der Waals surface area contributed by atoms with E-state index < -0.39 is 30.7 Å². The molecule has 0 bridgehead atoms. The summed E-state index contributed by atoms with van der Waals surface area (Å²) in [5.41, 5.74) is 4.26. The van der Waals surface area contributed by atoms with Crippen LogP contribution in [-0.4, -0.2) is 80.5 Å². The fourth-order valence-electron chi connectivity index (χ4n) is 8.52. The molecule has 0 N–H and O–H groups in total.